The van der Waals surface area contributed by atoms with Crippen LogP contribution in [0.1, 0.15) is 6.42 Å². The quantitative estimate of drug-likeness (QED) is 0.353. The van der Waals surface area contributed by atoms with Crippen molar-refractivity contribution in [2.45, 2.75) is 24.6 Å². The largest absolute Gasteiger partial charge is 0.506 e. The molecule has 3 heterocycles. The van der Waals surface area contributed by atoms with Gasteiger partial charge in [-0.05, 0) is 0 Å². The molecule has 32 heavy (non-hydrogen) atoms. The molecule has 172 valence electrons. The Morgan fingerprint density at radius 3 is 2.59 bits per heavy atom. The number of imidazole rings is 1. The standard InChI is InChI=1S/C16H12F5N5O6/c17-15(18,4-10(16(19,20)21)32-14(29)30)6-31-9-3-8(25-26-2-1-22-11(9)26)7-5-23-13(28)24-12(7)27/h1-3,5,10H,4,6H2,(H,29,30)(H2,23,24,27,28). The molecule has 0 saturated carbocycles. The Bertz CT molecular complexity index is 1250. The fourth-order valence-electron chi connectivity index (χ4n) is 2.59. The second-order valence-corrected chi connectivity index (χ2v) is 6.34. The fourth-order valence-corrected chi connectivity index (χ4v) is 2.59. The van der Waals surface area contributed by atoms with E-state index in [1.165, 1.54) is 12.4 Å². The number of carboxylic acid groups (broad SMARTS) is 1. The number of carbonyl (C=O) groups is 1. The first-order valence-corrected chi connectivity index (χ1v) is 8.49. The molecule has 0 fully saturated rings. The van der Waals surface area contributed by atoms with E-state index in [1.807, 2.05) is 4.98 Å². The summed E-state index contributed by atoms with van der Waals surface area (Å²) in [4.78, 5) is 41.5. The number of alkyl halides is 5. The van der Waals surface area contributed by atoms with E-state index in [2.05, 4.69) is 19.8 Å². The summed E-state index contributed by atoms with van der Waals surface area (Å²) in [5.41, 5.74) is -2.05. The van der Waals surface area contributed by atoms with Crippen LogP contribution < -0.4 is 16.0 Å². The zero-order valence-electron chi connectivity index (χ0n) is 15.5. The van der Waals surface area contributed by atoms with E-state index >= 15 is 0 Å². The number of aromatic amines is 2. The van der Waals surface area contributed by atoms with E-state index in [9.17, 15) is 36.3 Å². The summed E-state index contributed by atoms with van der Waals surface area (Å²) >= 11 is 0. The van der Waals surface area contributed by atoms with Crippen LogP contribution in [0.4, 0.5) is 26.7 Å². The summed E-state index contributed by atoms with van der Waals surface area (Å²) in [6.45, 7) is -1.60. The van der Waals surface area contributed by atoms with Crippen molar-refractivity contribution in [3.8, 4) is 17.0 Å². The van der Waals surface area contributed by atoms with Crippen LogP contribution in [0.2, 0.25) is 0 Å². The van der Waals surface area contributed by atoms with Crippen LogP contribution >= 0.6 is 0 Å². The normalized spacial score (nSPS) is 13.2. The summed E-state index contributed by atoms with van der Waals surface area (Å²) in [5.74, 6) is -4.54. The summed E-state index contributed by atoms with van der Waals surface area (Å²) < 4.78 is 76.3. The molecule has 0 radical (unpaired) electrons. The van der Waals surface area contributed by atoms with Gasteiger partial charge in [-0.3, -0.25) is 9.78 Å². The Balaban J connectivity index is 1.88. The van der Waals surface area contributed by atoms with E-state index in [1.54, 1.807) is 0 Å². The molecule has 0 aliphatic carbocycles. The molecule has 1 atom stereocenters. The smallest absolute Gasteiger partial charge is 0.483 e. The molecule has 0 aliphatic rings. The number of halogens is 5. The van der Waals surface area contributed by atoms with Crippen LogP contribution in [-0.4, -0.2) is 60.6 Å². The Morgan fingerprint density at radius 1 is 1.25 bits per heavy atom. The Kier molecular flexibility index (Phi) is 5.87. The molecular weight excluding hydrogens is 453 g/mol. The van der Waals surface area contributed by atoms with Crippen molar-refractivity contribution in [1.29, 1.82) is 0 Å². The lowest BCUT2D eigenvalue weighted by Gasteiger charge is -2.24. The van der Waals surface area contributed by atoms with Crippen LogP contribution in [0, 0.1) is 0 Å². The first kappa shape index (κ1) is 22.7. The van der Waals surface area contributed by atoms with Crippen LogP contribution in [0.15, 0.2) is 34.2 Å². The number of hydrogen-bond acceptors (Lipinski definition) is 7. The van der Waals surface area contributed by atoms with Crippen molar-refractivity contribution < 1.29 is 41.3 Å². The van der Waals surface area contributed by atoms with E-state index in [0.29, 0.717) is 0 Å². The van der Waals surface area contributed by atoms with Gasteiger partial charge in [-0.1, -0.05) is 0 Å². The third-order valence-electron chi connectivity index (χ3n) is 3.95. The maximum absolute atomic E-state index is 14.2. The van der Waals surface area contributed by atoms with Gasteiger partial charge >= 0.3 is 18.0 Å². The van der Waals surface area contributed by atoms with Crippen molar-refractivity contribution in [2.24, 2.45) is 0 Å². The van der Waals surface area contributed by atoms with E-state index in [0.717, 1.165) is 16.8 Å². The highest BCUT2D eigenvalue weighted by Gasteiger charge is 2.49. The highest BCUT2D eigenvalue weighted by molar-refractivity contribution is 5.64. The van der Waals surface area contributed by atoms with Gasteiger partial charge in [0.2, 0.25) is 6.10 Å². The number of ether oxygens (including phenoxy) is 2. The zero-order valence-corrected chi connectivity index (χ0v) is 15.5. The lowest BCUT2D eigenvalue weighted by molar-refractivity contribution is -0.227. The Labute approximate surface area is 172 Å². The van der Waals surface area contributed by atoms with Gasteiger partial charge in [-0.15, -0.1) is 0 Å². The summed E-state index contributed by atoms with van der Waals surface area (Å²) in [5, 5.41) is 12.4. The van der Waals surface area contributed by atoms with Crippen LogP contribution in [0.25, 0.3) is 16.9 Å². The fraction of sp³-hybridized carbons (Fsp3) is 0.312. The van der Waals surface area contributed by atoms with Gasteiger partial charge in [0, 0.05) is 24.7 Å². The summed E-state index contributed by atoms with van der Waals surface area (Å²) in [6, 6.07) is 1.02. The first-order valence-electron chi connectivity index (χ1n) is 8.49. The minimum atomic E-state index is -5.37. The molecule has 1 unspecified atom stereocenters. The molecule has 0 amide bonds. The lowest BCUT2D eigenvalue weighted by atomic mass is 10.1. The second kappa shape index (κ2) is 8.27. The maximum atomic E-state index is 14.2. The number of nitrogens with one attached hydrogen (secondary N) is 2. The van der Waals surface area contributed by atoms with Gasteiger partial charge in [0.15, 0.2) is 18.0 Å². The highest BCUT2D eigenvalue weighted by Crippen LogP contribution is 2.33. The predicted molar refractivity (Wildman–Crippen MR) is 93.7 cm³/mol. The van der Waals surface area contributed by atoms with Gasteiger partial charge in [0.05, 0.1) is 12.0 Å². The van der Waals surface area contributed by atoms with Gasteiger partial charge < -0.3 is 19.6 Å². The number of nitrogens with zero attached hydrogens (tertiary/aromatic N) is 3. The molecule has 0 aromatic carbocycles. The first-order chi connectivity index (χ1) is 14.9. The number of H-pyrrole nitrogens is 2. The second-order valence-electron chi connectivity index (χ2n) is 6.34. The minimum Gasteiger partial charge on any atom is -0.483 e. The highest BCUT2D eigenvalue weighted by atomic mass is 19.4. The molecule has 3 aromatic heterocycles. The minimum absolute atomic E-state index is 0.0976. The van der Waals surface area contributed by atoms with Gasteiger partial charge in [-0.2, -0.15) is 18.3 Å². The number of aromatic nitrogens is 5. The molecule has 11 nitrogen and oxygen atoms in total. The average Bonchev–Trinajstić information content (AvgIpc) is 3.13. The Hall–Kier alpha value is -3.98. The number of hydrogen-bond donors (Lipinski definition) is 3. The van der Waals surface area contributed by atoms with E-state index in [-0.39, 0.29) is 22.7 Å². The molecule has 0 saturated heterocycles. The van der Waals surface area contributed by atoms with Crippen molar-refractivity contribution in [2.75, 3.05) is 6.61 Å². The van der Waals surface area contributed by atoms with E-state index in [4.69, 9.17) is 9.84 Å². The van der Waals surface area contributed by atoms with E-state index < -0.39 is 48.6 Å². The van der Waals surface area contributed by atoms with Crippen molar-refractivity contribution in [3.05, 3.63) is 45.5 Å². The third-order valence-corrected chi connectivity index (χ3v) is 3.95. The number of rotatable bonds is 7. The maximum Gasteiger partial charge on any atom is 0.506 e. The molecule has 3 aromatic rings. The SMILES string of the molecule is O=C(O)OC(CC(F)(F)COc1cc(-c2c[nH]c(=O)[nH]c2=O)nn2ccnc12)C(F)(F)F. The van der Waals surface area contributed by atoms with Crippen molar-refractivity contribution >= 4 is 11.8 Å². The molecule has 0 aliphatic heterocycles. The van der Waals surface area contributed by atoms with Crippen LogP contribution in [0.5, 0.6) is 5.75 Å². The van der Waals surface area contributed by atoms with Gasteiger partial charge in [-0.25, -0.2) is 27.9 Å². The molecule has 0 bridgehead atoms. The third kappa shape index (κ3) is 5.19. The van der Waals surface area contributed by atoms with Crippen molar-refractivity contribution in [3.63, 3.8) is 0 Å². The molecule has 16 heteroatoms. The Morgan fingerprint density at radius 2 is 1.97 bits per heavy atom. The molecule has 0 spiro atoms. The topological polar surface area (TPSA) is 152 Å². The van der Waals surface area contributed by atoms with Gasteiger partial charge in [0.1, 0.15) is 5.69 Å². The molecule has 3 N–H and O–H groups in total. The molecular formula is C16H12F5N5O6. The monoisotopic (exact) mass is 465 g/mol. The van der Waals surface area contributed by atoms with Gasteiger partial charge in [0.25, 0.3) is 11.5 Å². The average molecular weight is 465 g/mol. The molecule has 3 rings (SSSR count). The zero-order chi connectivity index (χ0) is 23.7. The summed E-state index contributed by atoms with van der Waals surface area (Å²) in [6.07, 6.45) is -9.52. The van der Waals surface area contributed by atoms with Crippen LogP contribution in [-0.2, 0) is 4.74 Å². The number of fused-ring (bicyclic) bond motifs is 1. The predicted octanol–water partition coefficient (Wildman–Crippen LogP) is 1.80. The summed E-state index contributed by atoms with van der Waals surface area (Å²) in [7, 11) is 0. The van der Waals surface area contributed by atoms with Crippen molar-refractivity contribution in [1.82, 2.24) is 24.6 Å². The van der Waals surface area contributed by atoms with Crippen LogP contribution in [0.3, 0.4) is 0 Å². The lowest BCUT2D eigenvalue weighted by Crippen LogP contribution is -2.41.